The molecule has 0 bridgehead atoms. The molecule has 1 fully saturated rings. The number of hydrogen-bond acceptors (Lipinski definition) is 3. The topological polar surface area (TPSA) is 79.5 Å². The highest BCUT2D eigenvalue weighted by Crippen LogP contribution is 2.15. The Morgan fingerprint density at radius 2 is 2.17 bits per heavy atom. The molecule has 126 valence electrons. The quantitative estimate of drug-likeness (QED) is 0.754. The Kier molecular flexibility index (Phi) is 6.40. The van der Waals surface area contributed by atoms with Crippen molar-refractivity contribution in [3.05, 3.63) is 29.8 Å². The summed E-state index contributed by atoms with van der Waals surface area (Å²) in [5.41, 5.74) is 1.12. The summed E-state index contributed by atoms with van der Waals surface area (Å²) in [7, 11) is 0. The van der Waals surface area contributed by atoms with E-state index in [9.17, 15) is 9.59 Å². The van der Waals surface area contributed by atoms with Crippen LogP contribution in [0.2, 0.25) is 0 Å². The van der Waals surface area contributed by atoms with Gasteiger partial charge in [-0.05, 0) is 51.3 Å². The molecule has 1 aliphatic rings. The molecule has 3 amide bonds. The number of ether oxygens (including phenoxy) is 1. The fourth-order valence-corrected chi connectivity index (χ4v) is 2.49. The van der Waals surface area contributed by atoms with Gasteiger partial charge in [-0.25, -0.2) is 4.79 Å². The standard InChI is InChI=1S/C17H25N3O3/c1-12(2)19-17(22)20-14-6-3-5-13(11-14)16(21)18-9-8-15-7-4-10-23-15/h3,5-6,11-12,15H,4,7-10H2,1-2H3,(H,18,21)(H2,19,20,22)/t15-/m1/s1. The first-order valence-electron chi connectivity index (χ1n) is 8.12. The van der Waals surface area contributed by atoms with E-state index in [1.807, 2.05) is 13.8 Å². The van der Waals surface area contributed by atoms with Gasteiger partial charge >= 0.3 is 6.03 Å². The summed E-state index contributed by atoms with van der Waals surface area (Å²) in [6.45, 7) is 5.19. The average molecular weight is 319 g/mol. The molecular weight excluding hydrogens is 294 g/mol. The number of urea groups is 1. The zero-order chi connectivity index (χ0) is 16.7. The summed E-state index contributed by atoms with van der Waals surface area (Å²) in [6, 6.07) is 6.67. The number of hydrogen-bond donors (Lipinski definition) is 3. The van der Waals surface area contributed by atoms with Gasteiger partial charge in [0.05, 0.1) is 6.10 Å². The third-order valence-electron chi connectivity index (χ3n) is 3.58. The molecule has 23 heavy (non-hydrogen) atoms. The van der Waals surface area contributed by atoms with Gasteiger partial charge in [-0.2, -0.15) is 0 Å². The third kappa shape index (κ3) is 5.90. The monoisotopic (exact) mass is 319 g/mol. The molecule has 0 radical (unpaired) electrons. The zero-order valence-corrected chi connectivity index (χ0v) is 13.7. The van der Waals surface area contributed by atoms with E-state index in [-0.39, 0.29) is 24.1 Å². The number of nitrogens with one attached hydrogen (secondary N) is 3. The van der Waals surface area contributed by atoms with Crippen LogP contribution >= 0.6 is 0 Å². The summed E-state index contributed by atoms with van der Waals surface area (Å²) in [6.07, 6.45) is 3.27. The van der Waals surface area contributed by atoms with Crippen LogP contribution in [0.4, 0.5) is 10.5 Å². The number of benzene rings is 1. The lowest BCUT2D eigenvalue weighted by Crippen LogP contribution is -2.34. The molecule has 1 aromatic carbocycles. The van der Waals surface area contributed by atoms with E-state index in [0.717, 1.165) is 25.9 Å². The summed E-state index contributed by atoms with van der Waals surface area (Å²) >= 11 is 0. The molecule has 1 atom stereocenters. The fourth-order valence-electron chi connectivity index (χ4n) is 2.49. The highest BCUT2D eigenvalue weighted by molar-refractivity contribution is 5.96. The Bertz CT molecular complexity index is 540. The number of rotatable bonds is 6. The van der Waals surface area contributed by atoms with Crippen LogP contribution in [-0.4, -0.2) is 37.2 Å². The Hall–Kier alpha value is -2.08. The Labute approximate surface area is 137 Å². The van der Waals surface area contributed by atoms with Gasteiger partial charge in [0.15, 0.2) is 0 Å². The molecule has 0 aliphatic carbocycles. The van der Waals surface area contributed by atoms with E-state index >= 15 is 0 Å². The van der Waals surface area contributed by atoms with Crippen molar-refractivity contribution in [3.63, 3.8) is 0 Å². The van der Waals surface area contributed by atoms with Gasteiger partial charge in [0, 0.05) is 30.4 Å². The Morgan fingerprint density at radius 1 is 1.35 bits per heavy atom. The van der Waals surface area contributed by atoms with Crippen molar-refractivity contribution in [3.8, 4) is 0 Å². The fraction of sp³-hybridized carbons (Fsp3) is 0.529. The highest BCUT2D eigenvalue weighted by atomic mass is 16.5. The van der Waals surface area contributed by atoms with Crippen LogP contribution in [0.1, 0.15) is 43.5 Å². The Balaban J connectivity index is 1.82. The molecule has 0 aromatic heterocycles. The van der Waals surface area contributed by atoms with Gasteiger partial charge in [-0.3, -0.25) is 4.79 Å². The number of amides is 3. The van der Waals surface area contributed by atoms with E-state index < -0.39 is 0 Å². The lowest BCUT2D eigenvalue weighted by atomic mass is 10.1. The lowest BCUT2D eigenvalue weighted by molar-refractivity contribution is 0.0907. The molecule has 0 saturated carbocycles. The number of carbonyl (C=O) groups excluding carboxylic acids is 2. The van der Waals surface area contributed by atoms with E-state index in [4.69, 9.17) is 4.74 Å². The number of anilines is 1. The van der Waals surface area contributed by atoms with E-state index in [1.54, 1.807) is 24.3 Å². The second-order valence-electron chi connectivity index (χ2n) is 6.01. The van der Waals surface area contributed by atoms with Crippen LogP contribution in [0.25, 0.3) is 0 Å². The maximum absolute atomic E-state index is 12.2. The molecule has 0 unspecified atom stereocenters. The van der Waals surface area contributed by atoms with Crippen molar-refractivity contribution in [1.29, 1.82) is 0 Å². The van der Waals surface area contributed by atoms with Gasteiger partial charge in [0.1, 0.15) is 0 Å². The predicted octanol–water partition coefficient (Wildman–Crippen LogP) is 2.52. The van der Waals surface area contributed by atoms with Crippen molar-refractivity contribution in [2.45, 2.75) is 45.3 Å². The maximum atomic E-state index is 12.2. The van der Waals surface area contributed by atoms with Gasteiger partial charge in [0.25, 0.3) is 5.91 Å². The van der Waals surface area contributed by atoms with Crippen molar-refractivity contribution in [1.82, 2.24) is 10.6 Å². The van der Waals surface area contributed by atoms with Gasteiger partial charge in [-0.1, -0.05) is 6.07 Å². The molecule has 0 spiro atoms. The van der Waals surface area contributed by atoms with Crippen LogP contribution in [0.15, 0.2) is 24.3 Å². The average Bonchev–Trinajstić information content (AvgIpc) is 2.99. The molecule has 1 aliphatic heterocycles. The molecule has 1 aromatic rings. The van der Waals surface area contributed by atoms with Crippen LogP contribution in [0, 0.1) is 0 Å². The van der Waals surface area contributed by atoms with E-state index in [0.29, 0.717) is 17.8 Å². The largest absolute Gasteiger partial charge is 0.378 e. The molecule has 3 N–H and O–H groups in total. The smallest absolute Gasteiger partial charge is 0.319 e. The highest BCUT2D eigenvalue weighted by Gasteiger charge is 2.15. The second kappa shape index (κ2) is 8.53. The third-order valence-corrected chi connectivity index (χ3v) is 3.58. The summed E-state index contributed by atoms with van der Waals surface area (Å²) in [4.78, 5) is 23.8. The summed E-state index contributed by atoms with van der Waals surface area (Å²) in [5.74, 6) is -0.143. The minimum absolute atomic E-state index is 0.0549. The summed E-state index contributed by atoms with van der Waals surface area (Å²) in [5, 5.41) is 8.35. The van der Waals surface area contributed by atoms with Crippen molar-refractivity contribution < 1.29 is 14.3 Å². The minimum atomic E-state index is -0.282. The van der Waals surface area contributed by atoms with Crippen molar-refractivity contribution in [2.75, 3.05) is 18.5 Å². The van der Waals surface area contributed by atoms with Crippen LogP contribution < -0.4 is 16.0 Å². The first kappa shape index (κ1) is 17.3. The molecule has 2 rings (SSSR count). The minimum Gasteiger partial charge on any atom is -0.378 e. The SMILES string of the molecule is CC(C)NC(=O)Nc1cccc(C(=O)NCC[C@H]2CCCO2)c1. The van der Waals surface area contributed by atoms with E-state index in [2.05, 4.69) is 16.0 Å². The molecule has 6 heteroatoms. The normalized spacial score (nSPS) is 17.1. The van der Waals surface area contributed by atoms with Gasteiger partial charge in [0.2, 0.25) is 0 Å². The Morgan fingerprint density at radius 3 is 2.87 bits per heavy atom. The van der Waals surface area contributed by atoms with Crippen LogP contribution in [0.5, 0.6) is 0 Å². The second-order valence-corrected chi connectivity index (χ2v) is 6.01. The zero-order valence-electron chi connectivity index (χ0n) is 13.7. The lowest BCUT2D eigenvalue weighted by Gasteiger charge is -2.12. The summed E-state index contributed by atoms with van der Waals surface area (Å²) < 4.78 is 5.53. The number of carbonyl (C=O) groups is 2. The van der Waals surface area contributed by atoms with E-state index in [1.165, 1.54) is 0 Å². The first-order valence-corrected chi connectivity index (χ1v) is 8.12. The molecule has 1 saturated heterocycles. The molecular formula is C17H25N3O3. The van der Waals surface area contributed by atoms with Crippen molar-refractivity contribution >= 4 is 17.6 Å². The maximum Gasteiger partial charge on any atom is 0.319 e. The molecule has 6 nitrogen and oxygen atoms in total. The predicted molar refractivity (Wildman–Crippen MR) is 89.7 cm³/mol. The first-order chi connectivity index (χ1) is 11.0. The van der Waals surface area contributed by atoms with Gasteiger partial charge < -0.3 is 20.7 Å². The van der Waals surface area contributed by atoms with Crippen LogP contribution in [0.3, 0.4) is 0 Å². The van der Waals surface area contributed by atoms with Crippen molar-refractivity contribution in [2.24, 2.45) is 0 Å². The molecule has 1 heterocycles. The van der Waals surface area contributed by atoms with Crippen LogP contribution in [-0.2, 0) is 4.74 Å². The van der Waals surface area contributed by atoms with Gasteiger partial charge in [-0.15, -0.1) is 0 Å².